The van der Waals surface area contributed by atoms with Gasteiger partial charge in [-0.05, 0) is 48.6 Å². The molecule has 2 aromatic carbocycles. The molecule has 0 aliphatic carbocycles. The Hall–Kier alpha value is -3.36. The molecule has 8 nitrogen and oxygen atoms in total. The molecule has 0 aliphatic heterocycles. The van der Waals surface area contributed by atoms with Gasteiger partial charge in [-0.3, -0.25) is 19.1 Å². The Morgan fingerprint density at radius 1 is 1.11 bits per heavy atom. The predicted octanol–water partition coefficient (Wildman–Crippen LogP) is 5.39. The second kappa shape index (κ2) is 12.3. The first-order valence-corrected chi connectivity index (χ1v) is 12.6. The zero-order valence-corrected chi connectivity index (χ0v) is 22.7. The van der Waals surface area contributed by atoms with Crippen LogP contribution < -0.4 is 15.6 Å². The van der Waals surface area contributed by atoms with Gasteiger partial charge in [0.1, 0.15) is 11.4 Å². The van der Waals surface area contributed by atoms with Crippen molar-refractivity contribution in [2.45, 2.75) is 46.5 Å². The van der Waals surface area contributed by atoms with Crippen LogP contribution in [0.1, 0.15) is 56.1 Å². The molecule has 0 atom stereocenters. The number of nitrogens with one attached hydrogen (secondary N) is 1. The second-order valence-corrected chi connectivity index (χ2v) is 10.1. The molecule has 1 amide bonds. The Balaban J connectivity index is 1.70. The summed E-state index contributed by atoms with van der Waals surface area (Å²) in [4.78, 5) is 39.2. The Bertz CT molecular complexity index is 1310. The molecular formula is C28H34ClN3O5. The zero-order chi connectivity index (χ0) is 27.2. The molecule has 1 heterocycles. The lowest BCUT2D eigenvalue weighted by Gasteiger charge is -2.23. The van der Waals surface area contributed by atoms with E-state index < -0.39 is 5.41 Å². The summed E-state index contributed by atoms with van der Waals surface area (Å²) >= 11 is 6.10. The number of anilines is 1. The topological polar surface area (TPSA) is 91.6 Å². The molecule has 3 rings (SSSR count). The van der Waals surface area contributed by atoms with Crippen molar-refractivity contribution in [3.63, 3.8) is 0 Å². The van der Waals surface area contributed by atoms with Crippen LogP contribution in [0.4, 0.5) is 5.69 Å². The number of amides is 1. The van der Waals surface area contributed by atoms with Crippen molar-refractivity contribution in [3.8, 4) is 11.4 Å². The number of para-hydroxylation sites is 1. The third-order valence-corrected chi connectivity index (χ3v) is 6.46. The maximum atomic E-state index is 13.2. The minimum Gasteiger partial charge on any atom is -0.467 e. The highest BCUT2D eigenvalue weighted by Gasteiger charge is 2.27. The summed E-state index contributed by atoms with van der Waals surface area (Å²) in [5.41, 5.74) is 1.34. The standard InChI is InChI=1S/C28H34ClN3O5/c1-6-22-26(27(35)32(31(22)4)20-10-8-7-9-11-20)30-25(34)17-28(2,3)15-14-23(33)21-16-19(29)12-13-24(21)37-18-36-5/h7-13,16H,6,14-15,17-18H2,1-5H3,(H,30,34). The lowest BCUT2D eigenvalue weighted by Crippen LogP contribution is -2.26. The monoisotopic (exact) mass is 527 g/mol. The lowest BCUT2D eigenvalue weighted by molar-refractivity contribution is -0.118. The highest BCUT2D eigenvalue weighted by atomic mass is 35.5. The van der Waals surface area contributed by atoms with Crippen LogP contribution in [0.3, 0.4) is 0 Å². The highest BCUT2D eigenvalue weighted by Crippen LogP contribution is 2.31. The zero-order valence-electron chi connectivity index (χ0n) is 22.0. The fraction of sp³-hybridized carbons (Fsp3) is 0.393. The van der Waals surface area contributed by atoms with E-state index in [2.05, 4.69) is 5.32 Å². The maximum Gasteiger partial charge on any atom is 0.295 e. The molecule has 1 aromatic heterocycles. The van der Waals surface area contributed by atoms with E-state index in [1.54, 1.807) is 34.6 Å². The molecule has 3 aromatic rings. The number of aromatic nitrogens is 2. The average Bonchev–Trinajstić information content (AvgIpc) is 3.10. The quantitative estimate of drug-likeness (QED) is 0.252. The van der Waals surface area contributed by atoms with Gasteiger partial charge < -0.3 is 14.8 Å². The first kappa shape index (κ1) is 28.2. The minimum absolute atomic E-state index is 0.0127. The van der Waals surface area contributed by atoms with Crippen molar-refractivity contribution in [2.75, 3.05) is 19.2 Å². The number of carbonyl (C=O) groups is 2. The van der Waals surface area contributed by atoms with Crippen LogP contribution in [-0.2, 0) is 23.0 Å². The number of carbonyl (C=O) groups excluding carboxylic acids is 2. The molecule has 0 spiro atoms. The predicted molar refractivity (Wildman–Crippen MR) is 145 cm³/mol. The van der Waals surface area contributed by atoms with Crippen LogP contribution in [0.5, 0.6) is 5.75 Å². The van der Waals surface area contributed by atoms with Crippen LogP contribution in [0.25, 0.3) is 5.69 Å². The summed E-state index contributed by atoms with van der Waals surface area (Å²) < 4.78 is 13.8. The van der Waals surface area contributed by atoms with Crippen molar-refractivity contribution >= 4 is 29.0 Å². The number of Topliss-reactive ketones (excluding diaryl/α,β-unsaturated/α-hetero) is 1. The van der Waals surface area contributed by atoms with E-state index in [-0.39, 0.29) is 42.6 Å². The number of hydrogen-bond acceptors (Lipinski definition) is 5. The smallest absolute Gasteiger partial charge is 0.295 e. The van der Waals surface area contributed by atoms with Gasteiger partial charge in [0.25, 0.3) is 5.56 Å². The molecule has 0 saturated heterocycles. The Kier molecular flexibility index (Phi) is 9.34. The number of rotatable bonds is 12. The summed E-state index contributed by atoms with van der Waals surface area (Å²) in [6.07, 6.45) is 1.38. The molecule has 37 heavy (non-hydrogen) atoms. The fourth-order valence-electron chi connectivity index (χ4n) is 4.30. The van der Waals surface area contributed by atoms with Crippen LogP contribution in [0.15, 0.2) is 53.3 Å². The van der Waals surface area contributed by atoms with E-state index in [0.29, 0.717) is 29.2 Å². The van der Waals surface area contributed by atoms with Gasteiger partial charge in [-0.25, -0.2) is 4.68 Å². The van der Waals surface area contributed by atoms with Gasteiger partial charge in [0.05, 0.1) is 16.9 Å². The molecule has 0 radical (unpaired) electrons. The normalized spacial score (nSPS) is 11.4. The van der Waals surface area contributed by atoms with E-state index >= 15 is 0 Å². The first-order chi connectivity index (χ1) is 17.6. The summed E-state index contributed by atoms with van der Waals surface area (Å²) in [7, 11) is 3.31. The van der Waals surface area contributed by atoms with Crippen LogP contribution in [0, 0.1) is 5.41 Å². The molecule has 0 fully saturated rings. The number of hydrogen-bond donors (Lipinski definition) is 1. The van der Waals surface area contributed by atoms with Gasteiger partial charge in [0, 0.05) is 32.0 Å². The highest BCUT2D eigenvalue weighted by molar-refractivity contribution is 6.31. The summed E-state index contributed by atoms with van der Waals surface area (Å²) in [6.45, 7) is 5.80. The Morgan fingerprint density at radius 3 is 2.46 bits per heavy atom. The average molecular weight is 528 g/mol. The number of halogens is 1. The number of benzene rings is 2. The van der Waals surface area contributed by atoms with Gasteiger partial charge in [0.15, 0.2) is 12.6 Å². The lowest BCUT2D eigenvalue weighted by atomic mass is 9.82. The van der Waals surface area contributed by atoms with Crippen molar-refractivity contribution in [2.24, 2.45) is 12.5 Å². The Morgan fingerprint density at radius 2 is 1.81 bits per heavy atom. The van der Waals surface area contributed by atoms with E-state index in [1.165, 1.54) is 7.11 Å². The van der Waals surface area contributed by atoms with E-state index in [0.717, 1.165) is 11.4 Å². The number of methoxy groups -OCH3 is 1. The van der Waals surface area contributed by atoms with E-state index in [1.807, 2.05) is 51.1 Å². The molecule has 0 unspecified atom stereocenters. The Labute approximate surface area is 222 Å². The van der Waals surface area contributed by atoms with Crippen molar-refractivity contribution in [1.82, 2.24) is 9.36 Å². The van der Waals surface area contributed by atoms with Gasteiger partial charge in [-0.1, -0.05) is 50.6 Å². The molecule has 198 valence electrons. The van der Waals surface area contributed by atoms with Gasteiger partial charge >= 0.3 is 0 Å². The van der Waals surface area contributed by atoms with Crippen molar-refractivity contribution in [3.05, 3.63) is 75.2 Å². The fourth-order valence-corrected chi connectivity index (χ4v) is 4.47. The molecule has 9 heteroatoms. The van der Waals surface area contributed by atoms with Gasteiger partial charge in [0.2, 0.25) is 5.91 Å². The summed E-state index contributed by atoms with van der Waals surface area (Å²) in [6, 6.07) is 14.2. The van der Waals surface area contributed by atoms with Crippen LogP contribution in [-0.4, -0.2) is 35.0 Å². The number of ether oxygens (including phenoxy) is 2. The van der Waals surface area contributed by atoms with Crippen molar-refractivity contribution in [1.29, 1.82) is 0 Å². The molecule has 0 aliphatic rings. The number of nitrogens with zero attached hydrogens (tertiary/aromatic N) is 2. The maximum absolute atomic E-state index is 13.2. The van der Waals surface area contributed by atoms with Crippen LogP contribution >= 0.6 is 11.6 Å². The first-order valence-electron chi connectivity index (χ1n) is 12.2. The minimum atomic E-state index is -0.495. The molecule has 1 N–H and O–H groups in total. The molecule has 0 saturated carbocycles. The summed E-state index contributed by atoms with van der Waals surface area (Å²) in [5.74, 6) is -0.0104. The van der Waals surface area contributed by atoms with Gasteiger partial charge in [-0.2, -0.15) is 0 Å². The molecular weight excluding hydrogens is 494 g/mol. The van der Waals surface area contributed by atoms with Gasteiger partial charge in [-0.15, -0.1) is 0 Å². The molecule has 0 bridgehead atoms. The summed E-state index contributed by atoms with van der Waals surface area (Å²) in [5, 5.41) is 3.28. The largest absolute Gasteiger partial charge is 0.467 e. The third kappa shape index (κ3) is 6.90. The number of ketones is 1. The van der Waals surface area contributed by atoms with Crippen LogP contribution in [0.2, 0.25) is 5.02 Å². The van der Waals surface area contributed by atoms with Crippen molar-refractivity contribution < 1.29 is 19.1 Å². The SMILES string of the molecule is CCc1c(NC(=O)CC(C)(C)CCC(=O)c2cc(Cl)ccc2OCOC)c(=O)n(-c2ccccc2)n1C. The van der Waals surface area contributed by atoms with E-state index in [9.17, 15) is 14.4 Å². The second-order valence-electron chi connectivity index (χ2n) is 9.66. The van der Waals surface area contributed by atoms with E-state index in [4.69, 9.17) is 21.1 Å². The third-order valence-electron chi connectivity index (χ3n) is 6.23.